The van der Waals surface area contributed by atoms with E-state index in [4.69, 9.17) is 18.6 Å². The molecule has 0 saturated carbocycles. The van der Waals surface area contributed by atoms with Crippen LogP contribution >= 0.6 is 0 Å². The first-order valence-electron chi connectivity index (χ1n) is 8.30. The lowest BCUT2D eigenvalue weighted by atomic mass is 10.1. The van der Waals surface area contributed by atoms with Crippen molar-refractivity contribution in [2.45, 2.75) is 57.7 Å². The highest BCUT2D eigenvalue weighted by Gasteiger charge is 2.30. The summed E-state index contributed by atoms with van der Waals surface area (Å²) in [5.74, 6) is 0.150. The van der Waals surface area contributed by atoms with Crippen molar-refractivity contribution in [3.63, 3.8) is 0 Å². The van der Waals surface area contributed by atoms with Gasteiger partial charge in [-0.3, -0.25) is 4.74 Å². The molecule has 12 heteroatoms. The monoisotopic (exact) mass is 397 g/mol. The summed E-state index contributed by atoms with van der Waals surface area (Å²) in [5.41, 5.74) is -0.590. The second-order valence-corrected chi connectivity index (χ2v) is 6.79. The highest BCUT2D eigenvalue weighted by atomic mass is 19.4. The quantitative estimate of drug-likeness (QED) is 0.731. The van der Waals surface area contributed by atoms with Crippen LogP contribution in [0.15, 0.2) is 4.42 Å². The molecule has 2 rings (SSSR count). The maximum atomic E-state index is 11.8. The lowest BCUT2D eigenvalue weighted by Gasteiger charge is -2.28. The highest BCUT2D eigenvalue weighted by Crippen LogP contribution is 2.28. The third-order valence-corrected chi connectivity index (χ3v) is 3.27. The number of alkyl halides is 3. The Morgan fingerprint density at radius 3 is 2.56 bits per heavy atom. The Morgan fingerprint density at radius 1 is 1.22 bits per heavy atom. The number of alkyl carbamates (subject to hydrolysis) is 1. The molecule has 1 amide bonds. The zero-order valence-electron chi connectivity index (χ0n) is 15.2. The van der Waals surface area contributed by atoms with Gasteiger partial charge in [-0.1, -0.05) is 5.10 Å². The smallest absolute Gasteiger partial charge is 0.447 e. The van der Waals surface area contributed by atoms with Gasteiger partial charge in [-0.15, -0.1) is 18.3 Å². The van der Waals surface area contributed by atoms with Crippen LogP contribution < -0.4 is 10.1 Å². The van der Waals surface area contributed by atoms with E-state index in [-0.39, 0.29) is 24.6 Å². The van der Waals surface area contributed by atoms with Crippen molar-refractivity contribution in [1.82, 2.24) is 15.5 Å². The van der Waals surface area contributed by atoms with Gasteiger partial charge in [0.15, 0.2) is 0 Å². The average molecular weight is 397 g/mol. The number of carbonyl (C=O) groups excluding carboxylic acids is 1. The molecule has 1 aromatic rings. The van der Waals surface area contributed by atoms with Gasteiger partial charge in [-0.2, -0.15) is 0 Å². The number of nitrogens with zero attached hydrogens (tertiary/aromatic N) is 2. The van der Waals surface area contributed by atoms with Gasteiger partial charge in [0.05, 0.1) is 19.3 Å². The highest BCUT2D eigenvalue weighted by molar-refractivity contribution is 5.68. The number of halogens is 3. The lowest BCUT2D eigenvalue weighted by Crippen LogP contribution is -2.43. The summed E-state index contributed by atoms with van der Waals surface area (Å²) in [6.07, 6.45) is -4.90. The summed E-state index contributed by atoms with van der Waals surface area (Å²) < 4.78 is 60.0. The van der Waals surface area contributed by atoms with Gasteiger partial charge in [0.25, 0.3) is 0 Å². The largest absolute Gasteiger partial charge is 0.522 e. The molecule has 2 heterocycles. The second kappa shape index (κ2) is 8.74. The molecule has 0 aromatic carbocycles. The van der Waals surface area contributed by atoms with Gasteiger partial charge in [0.1, 0.15) is 18.3 Å². The Labute approximate surface area is 153 Å². The van der Waals surface area contributed by atoms with Gasteiger partial charge < -0.3 is 23.9 Å². The van der Waals surface area contributed by atoms with Crippen molar-refractivity contribution in [2.24, 2.45) is 0 Å². The van der Waals surface area contributed by atoms with Crippen molar-refractivity contribution >= 4 is 6.09 Å². The third-order valence-electron chi connectivity index (χ3n) is 3.27. The molecule has 1 N–H and O–H groups in total. The van der Waals surface area contributed by atoms with Crippen molar-refractivity contribution < 1.29 is 41.3 Å². The first-order chi connectivity index (χ1) is 12.5. The fraction of sp³-hybridized carbons (Fsp3) is 0.800. The van der Waals surface area contributed by atoms with Crippen LogP contribution in [0.4, 0.5) is 18.0 Å². The van der Waals surface area contributed by atoms with Crippen molar-refractivity contribution in [2.75, 3.05) is 19.8 Å². The number of rotatable bonds is 6. The zero-order chi connectivity index (χ0) is 20.1. The van der Waals surface area contributed by atoms with Gasteiger partial charge in [-0.05, 0) is 33.6 Å². The van der Waals surface area contributed by atoms with E-state index in [1.54, 1.807) is 20.8 Å². The maximum absolute atomic E-state index is 11.8. The molecule has 0 bridgehead atoms. The van der Waals surface area contributed by atoms with Crippen molar-refractivity contribution in [1.29, 1.82) is 0 Å². The fourth-order valence-electron chi connectivity index (χ4n) is 2.23. The van der Waals surface area contributed by atoms with Crippen LogP contribution in [-0.2, 0) is 14.2 Å². The van der Waals surface area contributed by atoms with Gasteiger partial charge in [0.2, 0.25) is 5.89 Å². The van der Waals surface area contributed by atoms with Gasteiger partial charge in [-0.25, -0.2) is 4.79 Å². The second-order valence-electron chi connectivity index (χ2n) is 6.79. The van der Waals surface area contributed by atoms with Crippen molar-refractivity contribution in [3.05, 3.63) is 5.89 Å². The summed E-state index contributed by atoms with van der Waals surface area (Å²) in [5, 5.41) is 10.1. The van der Waals surface area contributed by atoms with Crippen LogP contribution in [-0.4, -0.2) is 54.1 Å². The van der Waals surface area contributed by atoms with Crippen molar-refractivity contribution in [3.8, 4) is 6.08 Å². The van der Waals surface area contributed by atoms with E-state index < -0.39 is 37.4 Å². The number of amides is 1. The van der Waals surface area contributed by atoms with E-state index >= 15 is 0 Å². The minimum Gasteiger partial charge on any atom is -0.447 e. The standard InChI is InChI=1S/C15H22F3N3O6/c1-14(2,3)27-12(22)19-9-4-5-10(24-8-9)11-20-21-13(26-11)23-6-7-25-15(16,17)18/h9-10H,4-8H2,1-3H3,(H,19,22)/t9-,10+/m1/s1. The Morgan fingerprint density at radius 2 is 1.96 bits per heavy atom. The molecule has 1 aromatic heterocycles. The molecule has 1 aliphatic rings. The van der Waals surface area contributed by atoms with E-state index in [2.05, 4.69) is 20.3 Å². The van der Waals surface area contributed by atoms with Crippen LogP contribution in [0, 0.1) is 0 Å². The van der Waals surface area contributed by atoms with E-state index in [9.17, 15) is 18.0 Å². The Kier molecular flexibility index (Phi) is 6.87. The summed E-state index contributed by atoms with van der Waals surface area (Å²) in [7, 11) is 0. The Hall–Kier alpha value is -2.08. The molecule has 0 unspecified atom stereocenters. The molecule has 9 nitrogen and oxygen atoms in total. The minimum atomic E-state index is -4.72. The van der Waals surface area contributed by atoms with E-state index in [0.29, 0.717) is 12.8 Å². The molecule has 1 saturated heterocycles. The van der Waals surface area contributed by atoms with Crippen LogP contribution in [0.5, 0.6) is 6.08 Å². The number of hydrogen-bond acceptors (Lipinski definition) is 8. The molecule has 0 aliphatic carbocycles. The summed E-state index contributed by atoms with van der Waals surface area (Å²) in [6.45, 7) is 4.44. The minimum absolute atomic E-state index is 0.150. The molecular formula is C15H22F3N3O6. The maximum Gasteiger partial charge on any atom is 0.522 e. The number of aromatic nitrogens is 2. The van der Waals surface area contributed by atoms with Crippen LogP contribution in [0.2, 0.25) is 0 Å². The molecule has 2 atom stereocenters. The predicted molar refractivity (Wildman–Crippen MR) is 82.9 cm³/mol. The summed E-state index contributed by atoms with van der Waals surface area (Å²) in [6, 6.07) is -0.214. The number of hydrogen-bond donors (Lipinski definition) is 1. The van der Waals surface area contributed by atoms with Gasteiger partial charge in [0, 0.05) is 0 Å². The lowest BCUT2D eigenvalue weighted by molar-refractivity contribution is -0.325. The normalized spacial score (nSPS) is 21.0. The Bertz CT molecular complexity index is 609. The van der Waals surface area contributed by atoms with Crippen LogP contribution in [0.3, 0.4) is 0 Å². The predicted octanol–water partition coefficient (Wildman–Crippen LogP) is 2.73. The first-order valence-corrected chi connectivity index (χ1v) is 8.30. The molecular weight excluding hydrogens is 375 g/mol. The van der Waals surface area contributed by atoms with E-state index in [1.165, 1.54) is 0 Å². The fourth-order valence-corrected chi connectivity index (χ4v) is 2.23. The molecule has 0 spiro atoms. The molecule has 1 aliphatic heterocycles. The van der Waals surface area contributed by atoms with E-state index in [0.717, 1.165) is 0 Å². The Balaban J connectivity index is 1.72. The van der Waals surface area contributed by atoms with Crippen LogP contribution in [0.1, 0.15) is 45.6 Å². The van der Waals surface area contributed by atoms with Crippen LogP contribution in [0.25, 0.3) is 0 Å². The first kappa shape index (κ1) is 21.2. The van der Waals surface area contributed by atoms with E-state index in [1.807, 2.05) is 0 Å². The third kappa shape index (κ3) is 7.99. The molecule has 0 radical (unpaired) electrons. The molecule has 154 valence electrons. The zero-order valence-corrected chi connectivity index (χ0v) is 15.2. The average Bonchev–Trinajstić information content (AvgIpc) is 2.98. The molecule has 27 heavy (non-hydrogen) atoms. The SMILES string of the molecule is CC(C)(C)OC(=O)N[C@@H]1CC[C@@H](c2nnc(OCCOC(F)(F)F)o2)OC1. The topological polar surface area (TPSA) is 105 Å². The van der Waals surface area contributed by atoms with Gasteiger partial charge >= 0.3 is 18.5 Å². The number of ether oxygens (including phenoxy) is 4. The number of nitrogens with one attached hydrogen (secondary N) is 1. The summed E-state index contributed by atoms with van der Waals surface area (Å²) in [4.78, 5) is 11.7. The number of carbonyl (C=O) groups is 1. The summed E-state index contributed by atoms with van der Waals surface area (Å²) >= 11 is 0. The molecule has 1 fully saturated rings.